The van der Waals surface area contributed by atoms with E-state index in [9.17, 15) is 0 Å². The third-order valence-corrected chi connectivity index (χ3v) is 3.47. The Kier molecular flexibility index (Phi) is 4.74. The van der Waals surface area contributed by atoms with Gasteiger partial charge in [0.25, 0.3) is 0 Å². The van der Waals surface area contributed by atoms with E-state index in [1.807, 2.05) is 17.9 Å². The van der Waals surface area contributed by atoms with Crippen LogP contribution in [-0.2, 0) is 13.5 Å². The molecule has 19 heavy (non-hydrogen) atoms. The van der Waals surface area contributed by atoms with Gasteiger partial charge in [0.05, 0.1) is 11.7 Å². The highest BCUT2D eigenvalue weighted by Crippen LogP contribution is 2.22. The maximum atomic E-state index is 4.28. The first-order chi connectivity index (χ1) is 9.26. The molecule has 0 aliphatic carbocycles. The Balaban J connectivity index is 2.28. The van der Waals surface area contributed by atoms with Gasteiger partial charge in [-0.25, -0.2) is 0 Å². The molecule has 1 unspecified atom stereocenters. The normalized spacial score (nSPS) is 12.6. The number of rotatable bonds is 6. The van der Waals surface area contributed by atoms with Crippen LogP contribution in [0.3, 0.4) is 0 Å². The first kappa shape index (κ1) is 13.8. The number of benzene rings is 1. The van der Waals surface area contributed by atoms with E-state index in [2.05, 4.69) is 54.6 Å². The molecular weight excluding hydrogens is 234 g/mol. The van der Waals surface area contributed by atoms with Crippen molar-refractivity contribution < 1.29 is 0 Å². The van der Waals surface area contributed by atoms with Gasteiger partial charge < -0.3 is 5.32 Å². The lowest BCUT2D eigenvalue weighted by atomic mass is 10.0. The SMILES string of the molecule is CCCNC(c1ccc(CC)cc1)c1ccnn1C. The zero-order valence-electron chi connectivity index (χ0n) is 12.1. The minimum atomic E-state index is 0.221. The molecule has 0 spiro atoms. The maximum absolute atomic E-state index is 4.28. The lowest BCUT2D eigenvalue weighted by molar-refractivity contribution is 0.553. The van der Waals surface area contributed by atoms with Gasteiger partial charge in [0.2, 0.25) is 0 Å². The molecule has 0 radical (unpaired) electrons. The van der Waals surface area contributed by atoms with Crippen molar-refractivity contribution in [2.45, 2.75) is 32.7 Å². The fourth-order valence-electron chi connectivity index (χ4n) is 2.29. The molecule has 1 aromatic carbocycles. The van der Waals surface area contributed by atoms with Crippen LogP contribution < -0.4 is 5.32 Å². The van der Waals surface area contributed by atoms with Crippen molar-refractivity contribution in [2.24, 2.45) is 7.05 Å². The highest BCUT2D eigenvalue weighted by Gasteiger charge is 2.16. The zero-order chi connectivity index (χ0) is 13.7. The van der Waals surface area contributed by atoms with Crippen molar-refractivity contribution in [3.63, 3.8) is 0 Å². The number of hydrogen-bond acceptors (Lipinski definition) is 2. The van der Waals surface area contributed by atoms with Crippen molar-refractivity contribution in [3.8, 4) is 0 Å². The highest BCUT2D eigenvalue weighted by atomic mass is 15.3. The topological polar surface area (TPSA) is 29.9 Å². The molecule has 1 N–H and O–H groups in total. The molecule has 3 heteroatoms. The molecule has 0 aliphatic rings. The predicted molar refractivity (Wildman–Crippen MR) is 79.2 cm³/mol. The largest absolute Gasteiger partial charge is 0.305 e. The molecular formula is C16H23N3. The minimum absolute atomic E-state index is 0.221. The Morgan fingerprint density at radius 3 is 2.42 bits per heavy atom. The van der Waals surface area contributed by atoms with Crippen LogP contribution in [0, 0.1) is 0 Å². The summed E-state index contributed by atoms with van der Waals surface area (Å²) in [6, 6.07) is 11.2. The smallest absolute Gasteiger partial charge is 0.0748 e. The average molecular weight is 257 g/mol. The van der Waals surface area contributed by atoms with Crippen molar-refractivity contribution in [1.82, 2.24) is 15.1 Å². The Morgan fingerprint density at radius 2 is 1.89 bits per heavy atom. The second-order valence-corrected chi connectivity index (χ2v) is 4.86. The second kappa shape index (κ2) is 6.53. The third kappa shape index (κ3) is 3.24. The number of aromatic nitrogens is 2. The van der Waals surface area contributed by atoms with Crippen molar-refractivity contribution in [1.29, 1.82) is 0 Å². The lowest BCUT2D eigenvalue weighted by Crippen LogP contribution is -2.25. The van der Waals surface area contributed by atoms with Gasteiger partial charge in [-0.05, 0) is 36.6 Å². The first-order valence-corrected chi connectivity index (χ1v) is 7.06. The molecule has 1 aromatic heterocycles. The number of aryl methyl sites for hydroxylation is 2. The summed E-state index contributed by atoms with van der Waals surface area (Å²) in [4.78, 5) is 0. The predicted octanol–water partition coefficient (Wildman–Crippen LogP) is 3.07. The van der Waals surface area contributed by atoms with Crippen molar-refractivity contribution in [3.05, 3.63) is 53.3 Å². The van der Waals surface area contributed by atoms with Crippen LogP contribution in [0.1, 0.15) is 43.1 Å². The summed E-state index contributed by atoms with van der Waals surface area (Å²) in [6.07, 6.45) is 4.07. The molecule has 3 nitrogen and oxygen atoms in total. The molecule has 102 valence electrons. The van der Waals surface area contributed by atoms with Crippen LogP contribution in [0.5, 0.6) is 0 Å². The van der Waals surface area contributed by atoms with Crippen molar-refractivity contribution >= 4 is 0 Å². The Hall–Kier alpha value is -1.61. The van der Waals surface area contributed by atoms with E-state index in [4.69, 9.17) is 0 Å². The van der Waals surface area contributed by atoms with E-state index in [1.165, 1.54) is 16.8 Å². The van der Waals surface area contributed by atoms with Crippen LogP contribution in [0.2, 0.25) is 0 Å². The Morgan fingerprint density at radius 1 is 1.16 bits per heavy atom. The van der Waals surface area contributed by atoms with Gasteiger partial charge in [-0.3, -0.25) is 4.68 Å². The van der Waals surface area contributed by atoms with Gasteiger partial charge in [0.1, 0.15) is 0 Å². The Bertz CT molecular complexity index is 499. The molecule has 0 bridgehead atoms. The summed E-state index contributed by atoms with van der Waals surface area (Å²) in [7, 11) is 2.00. The minimum Gasteiger partial charge on any atom is -0.305 e. The molecule has 1 atom stereocenters. The van der Waals surface area contributed by atoms with Crippen molar-refractivity contribution in [2.75, 3.05) is 6.54 Å². The Labute approximate surface area is 115 Å². The fourth-order valence-corrected chi connectivity index (χ4v) is 2.29. The van der Waals surface area contributed by atoms with Gasteiger partial charge in [-0.15, -0.1) is 0 Å². The number of hydrogen-bond donors (Lipinski definition) is 1. The van der Waals surface area contributed by atoms with E-state index in [0.717, 1.165) is 19.4 Å². The fraction of sp³-hybridized carbons (Fsp3) is 0.438. The van der Waals surface area contributed by atoms with Gasteiger partial charge in [-0.2, -0.15) is 5.10 Å². The zero-order valence-corrected chi connectivity index (χ0v) is 12.1. The molecule has 0 aliphatic heterocycles. The van der Waals surface area contributed by atoms with Crippen LogP contribution in [-0.4, -0.2) is 16.3 Å². The van der Waals surface area contributed by atoms with Crippen LogP contribution in [0.25, 0.3) is 0 Å². The van der Waals surface area contributed by atoms with Gasteiger partial charge in [-0.1, -0.05) is 38.1 Å². The monoisotopic (exact) mass is 257 g/mol. The molecule has 0 fully saturated rings. The summed E-state index contributed by atoms with van der Waals surface area (Å²) < 4.78 is 1.95. The summed E-state index contributed by atoms with van der Waals surface area (Å²) >= 11 is 0. The molecule has 2 rings (SSSR count). The number of nitrogens with one attached hydrogen (secondary N) is 1. The van der Waals surface area contributed by atoms with Gasteiger partial charge in [0, 0.05) is 13.2 Å². The maximum Gasteiger partial charge on any atom is 0.0748 e. The van der Waals surface area contributed by atoms with Gasteiger partial charge in [0.15, 0.2) is 0 Å². The highest BCUT2D eigenvalue weighted by molar-refractivity contribution is 5.30. The summed E-state index contributed by atoms with van der Waals surface area (Å²) in [5, 5.41) is 7.89. The molecule has 0 saturated carbocycles. The van der Waals surface area contributed by atoms with Crippen LogP contribution in [0.15, 0.2) is 36.5 Å². The van der Waals surface area contributed by atoms with E-state index in [-0.39, 0.29) is 6.04 Å². The quantitative estimate of drug-likeness (QED) is 0.862. The molecule has 0 amide bonds. The summed E-state index contributed by atoms with van der Waals surface area (Å²) in [5.41, 5.74) is 3.88. The van der Waals surface area contributed by atoms with Crippen LogP contribution >= 0.6 is 0 Å². The van der Waals surface area contributed by atoms with Crippen LogP contribution in [0.4, 0.5) is 0 Å². The van der Waals surface area contributed by atoms with Gasteiger partial charge >= 0.3 is 0 Å². The lowest BCUT2D eigenvalue weighted by Gasteiger charge is -2.19. The van der Waals surface area contributed by atoms with E-state index < -0.39 is 0 Å². The second-order valence-electron chi connectivity index (χ2n) is 4.86. The number of nitrogens with zero attached hydrogens (tertiary/aromatic N) is 2. The van der Waals surface area contributed by atoms with E-state index in [1.54, 1.807) is 0 Å². The average Bonchev–Trinajstić information content (AvgIpc) is 2.86. The summed E-state index contributed by atoms with van der Waals surface area (Å²) in [6.45, 7) is 5.38. The standard InChI is InChI=1S/C16H23N3/c1-4-11-17-16(15-10-12-18-19(15)3)14-8-6-13(5-2)7-9-14/h6-10,12,16-17H,4-5,11H2,1-3H3. The molecule has 2 aromatic rings. The third-order valence-electron chi connectivity index (χ3n) is 3.47. The summed E-state index contributed by atoms with van der Waals surface area (Å²) in [5.74, 6) is 0. The first-order valence-electron chi connectivity index (χ1n) is 7.06. The van der Waals surface area contributed by atoms with E-state index >= 15 is 0 Å². The molecule has 1 heterocycles. The van der Waals surface area contributed by atoms with E-state index in [0.29, 0.717) is 0 Å². The molecule has 0 saturated heterocycles.